The zero-order valence-corrected chi connectivity index (χ0v) is 16.3. The molecular weight excluding hydrogens is 332 g/mol. The van der Waals surface area contributed by atoms with Gasteiger partial charge in [-0.25, -0.2) is 0 Å². The van der Waals surface area contributed by atoms with Gasteiger partial charge in [-0.3, -0.25) is 9.88 Å². The van der Waals surface area contributed by atoms with Gasteiger partial charge in [0.2, 0.25) is 0 Å². The van der Waals surface area contributed by atoms with Gasteiger partial charge in [-0.1, -0.05) is 25.4 Å². The third-order valence-corrected chi connectivity index (χ3v) is 5.13. The summed E-state index contributed by atoms with van der Waals surface area (Å²) in [5.74, 6) is 0.660. The molecule has 1 aromatic carbocycles. The monoisotopic (exact) mass is 360 g/mol. The van der Waals surface area contributed by atoms with Crippen LogP contribution in [0.15, 0.2) is 30.5 Å². The molecule has 1 saturated heterocycles. The number of benzene rings is 1. The number of hydrogen-bond acceptors (Lipinski definition) is 4. The van der Waals surface area contributed by atoms with Crippen molar-refractivity contribution in [3.63, 3.8) is 0 Å². The van der Waals surface area contributed by atoms with Crippen LogP contribution in [0.25, 0.3) is 10.9 Å². The number of likely N-dealkylation sites (N-methyl/N-ethyl adjacent to an activating group) is 1. The van der Waals surface area contributed by atoms with E-state index < -0.39 is 0 Å². The molecule has 1 fully saturated rings. The molecule has 5 heteroatoms. The summed E-state index contributed by atoms with van der Waals surface area (Å²) >= 11 is 6.12. The summed E-state index contributed by atoms with van der Waals surface area (Å²) in [6, 6.07) is 8.45. The van der Waals surface area contributed by atoms with Gasteiger partial charge in [0.1, 0.15) is 0 Å². The van der Waals surface area contributed by atoms with Gasteiger partial charge in [-0.15, -0.1) is 0 Å². The molecule has 1 N–H and O–H groups in total. The smallest absolute Gasteiger partial charge is 0.0737 e. The van der Waals surface area contributed by atoms with Gasteiger partial charge in [0, 0.05) is 61.1 Å². The van der Waals surface area contributed by atoms with Crippen LogP contribution >= 0.6 is 11.6 Å². The van der Waals surface area contributed by atoms with Gasteiger partial charge >= 0.3 is 0 Å². The van der Waals surface area contributed by atoms with Crippen LogP contribution in [0.5, 0.6) is 0 Å². The maximum atomic E-state index is 6.12. The van der Waals surface area contributed by atoms with E-state index in [4.69, 9.17) is 11.6 Å². The molecule has 2 heterocycles. The highest BCUT2D eigenvalue weighted by atomic mass is 35.5. The predicted molar refractivity (Wildman–Crippen MR) is 108 cm³/mol. The summed E-state index contributed by atoms with van der Waals surface area (Å²) in [6.45, 7) is 10.3. The first kappa shape index (κ1) is 18.4. The van der Waals surface area contributed by atoms with Gasteiger partial charge in [0.15, 0.2) is 0 Å². The van der Waals surface area contributed by atoms with E-state index in [1.54, 1.807) is 0 Å². The molecule has 0 radical (unpaired) electrons. The van der Waals surface area contributed by atoms with Crippen molar-refractivity contribution in [3.05, 3.63) is 35.5 Å². The Balaban J connectivity index is 1.76. The van der Waals surface area contributed by atoms with Crippen LogP contribution in [0.2, 0.25) is 5.02 Å². The number of nitrogens with one attached hydrogen (secondary N) is 1. The van der Waals surface area contributed by atoms with E-state index in [2.05, 4.69) is 53.1 Å². The Morgan fingerprint density at radius 3 is 2.64 bits per heavy atom. The Labute approximate surface area is 156 Å². The summed E-state index contributed by atoms with van der Waals surface area (Å²) in [7, 11) is 2.20. The fourth-order valence-corrected chi connectivity index (χ4v) is 3.72. The van der Waals surface area contributed by atoms with Crippen LogP contribution in [0.4, 0.5) is 5.69 Å². The highest BCUT2D eigenvalue weighted by Gasteiger charge is 2.20. The zero-order valence-electron chi connectivity index (χ0n) is 15.5. The van der Waals surface area contributed by atoms with Crippen molar-refractivity contribution in [1.29, 1.82) is 0 Å². The first-order valence-electron chi connectivity index (χ1n) is 9.23. The number of halogens is 1. The summed E-state index contributed by atoms with van der Waals surface area (Å²) in [5, 5.41) is 5.66. The van der Waals surface area contributed by atoms with Crippen molar-refractivity contribution >= 4 is 28.2 Å². The SMILES string of the molecule is CC(C)C[C@@H](CN1CCN(C)CC1)Nc1ccnc2cc(Cl)ccc12. The number of pyridine rings is 1. The molecule has 0 spiro atoms. The minimum absolute atomic E-state index is 0.435. The minimum atomic E-state index is 0.435. The van der Waals surface area contributed by atoms with E-state index in [0.717, 1.165) is 60.8 Å². The molecule has 0 saturated carbocycles. The van der Waals surface area contributed by atoms with E-state index in [-0.39, 0.29) is 0 Å². The highest BCUT2D eigenvalue weighted by molar-refractivity contribution is 6.31. The van der Waals surface area contributed by atoms with E-state index in [9.17, 15) is 0 Å². The van der Waals surface area contributed by atoms with Crippen LogP contribution in [0, 0.1) is 5.92 Å². The zero-order chi connectivity index (χ0) is 17.8. The van der Waals surface area contributed by atoms with Gasteiger partial charge in [-0.05, 0) is 43.7 Å². The average Bonchev–Trinajstić information content (AvgIpc) is 2.56. The van der Waals surface area contributed by atoms with Gasteiger partial charge in [0.25, 0.3) is 0 Å². The van der Waals surface area contributed by atoms with Crippen LogP contribution in [0.3, 0.4) is 0 Å². The summed E-state index contributed by atoms with van der Waals surface area (Å²) in [6.07, 6.45) is 3.02. The van der Waals surface area contributed by atoms with Crippen molar-refractivity contribution < 1.29 is 0 Å². The Morgan fingerprint density at radius 1 is 1.16 bits per heavy atom. The van der Waals surface area contributed by atoms with Crippen LogP contribution in [-0.4, -0.2) is 60.6 Å². The summed E-state index contributed by atoms with van der Waals surface area (Å²) in [4.78, 5) is 9.44. The van der Waals surface area contributed by atoms with Crippen molar-refractivity contribution in [2.75, 3.05) is 45.1 Å². The minimum Gasteiger partial charge on any atom is -0.380 e. The first-order chi connectivity index (χ1) is 12.0. The molecule has 136 valence electrons. The quantitative estimate of drug-likeness (QED) is 0.844. The molecule has 1 aromatic heterocycles. The molecular formula is C20H29ClN4. The second-order valence-electron chi connectivity index (χ2n) is 7.59. The Bertz CT molecular complexity index is 695. The average molecular weight is 361 g/mol. The molecule has 2 aromatic rings. The number of rotatable bonds is 6. The van der Waals surface area contributed by atoms with E-state index in [1.807, 2.05) is 18.3 Å². The van der Waals surface area contributed by atoms with E-state index >= 15 is 0 Å². The molecule has 25 heavy (non-hydrogen) atoms. The lowest BCUT2D eigenvalue weighted by Gasteiger charge is -2.35. The molecule has 0 bridgehead atoms. The number of nitrogens with zero attached hydrogens (tertiary/aromatic N) is 3. The fourth-order valence-electron chi connectivity index (χ4n) is 3.56. The number of anilines is 1. The van der Waals surface area contributed by atoms with Crippen molar-refractivity contribution in [2.24, 2.45) is 5.92 Å². The number of piperazine rings is 1. The number of hydrogen-bond donors (Lipinski definition) is 1. The Morgan fingerprint density at radius 2 is 1.92 bits per heavy atom. The summed E-state index contributed by atoms with van der Waals surface area (Å²) < 4.78 is 0. The molecule has 1 atom stereocenters. The van der Waals surface area contributed by atoms with E-state index in [0.29, 0.717) is 12.0 Å². The topological polar surface area (TPSA) is 31.4 Å². The second kappa shape index (κ2) is 8.35. The summed E-state index contributed by atoms with van der Waals surface area (Å²) in [5.41, 5.74) is 2.10. The third kappa shape index (κ3) is 5.06. The van der Waals surface area contributed by atoms with Gasteiger partial charge < -0.3 is 10.2 Å². The maximum Gasteiger partial charge on any atom is 0.0737 e. The molecule has 0 unspecified atom stereocenters. The lowest BCUT2D eigenvalue weighted by Crippen LogP contribution is -2.48. The fraction of sp³-hybridized carbons (Fsp3) is 0.550. The molecule has 0 aliphatic carbocycles. The van der Waals surface area contributed by atoms with Crippen LogP contribution in [0.1, 0.15) is 20.3 Å². The predicted octanol–water partition coefficient (Wildman–Crippen LogP) is 3.96. The van der Waals surface area contributed by atoms with Crippen molar-refractivity contribution in [3.8, 4) is 0 Å². The van der Waals surface area contributed by atoms with Crippen molar-refractivity contribution in [2.45, 2.75) is 26.3 Å². The Hall–Kier alpha value is -1.36. The molecule has 1 aliphatic rings. The standard InChI is InChI=1S/C20H29ClN4/c1-15(2)12-17(14-25-10-8-24(3)9-11-25)23-19-6-7-22-20-13-16(21)4-5-18(19)20/h4-7,13,15,17H,8-12,14H2,1-3H3,(H,22,23)/t17-/m0/s1. The van der Waals surface area contributed by atoms with Crippen LogP contribution in [-0.2, 0) is 0 Å². The molecule has 1 aliphatic heterocycles. The second-order valence-corrected chi connectivity index (χ2v) is 8.03. The maximum absolute atomic E-state index is 6.12. The lowest BCUT2D eigenvalue weighted by molar-refractivity contribution is 0.147. The largest absolute Gasteiger partial charge is 0.380 e. The van der Waals surface area contributed by atoms with E-state index in [1.165, 1.54) is 0 Å². The number of aromatic nitrogens is 1. The van der Waals surface area contributed by atoms with Gasteiger partial charge in [-0.2, -0.15) is 0 Å². The third-order valence-electron chi connectivity index (χ3n) is 4.89. The van der Waals surface area contributed by atoms with Crippen LogP contribution < -0.4 is 5.32 Å². The Kier molecular flexibility index (Phi) is 6.15. The lowest BCUT2D eigenvalue weighted by atomic mass is 10.0. The molecule has 0 amide bonds. The van der Waals surface area contributed by atoms with Gasteiger partial charge in [0.05, 0.1) is 5.52 Å². The normalized spacial score (nSPS) is 18.0. The first-order valence-corrected chi connectivity index (χ1v) is 9.61. The van der Waals surface area contributed by atoms with Crippen molar-refractivity contribution in [1.82, 2.24) is 14.8 Å². The molecule has 3 rings (SSSR count). The molecule has 4 nitrogen and oxygen atoms in total. The number of fused-ring (bicyclic) bond motifs is 1. The highest BCUT2D eigenvalue weighted by Crippen LogP contribution is 2.26.